The largest absolute Gasteiger partial charge is 0.493 e. The Balaban J connectivity index is 1.69. The molecule has 3 rings (SSSR count). The summed E-state index contributed by atoms with van der Waals surface area (Å²) in [6.07, 6.45) is 2.09. The molecule has 1 atom stereocenters. The first-order valence-electron chi connectivity index (χ1n) is 7.80. The highest BCUT2D eigenvalue weighted by molar-refractivity contribution is 5.92. The molecule has 0 bridgehead atoms. The van der Waals surface area contributed by atoms with Gasteiger partial charge in [-0.25, -0.2) is 0 Å². The molecule has 1 saturated heterocycles. The maximum absolute atomic E-state index is 12.1. The van der Waals surface area contributed by atoms with E-state index in [1.807, 2.05) is 6.07 Å². The molecule has 2 aromatic rings. The maximum Gasteiger partial charge on any atom is 0.290 e. The maximum atomic E-state index is 12.1. The second kappa shape index (κ2) is 7.35. The van der Waals surface area contributed by atoms with Gasteiger partial charge < -0.3 is 24.1 Å². The van der Waals surface area contributed by atoms with Crippen LogP contribution in [0.2, 0.25) is 0 Å². The minimum absolute atomic E-state index is 0.0854. The molecule has 1 aromatic heterocycles. The first-order chi connectivity index (χ1) is 11.7. The monoisotopic (exact) mass is 332 g/mol. The van der Waals surface area contributed by atoms with Crippen LogP contribution in [0.3, 0.4) is 0 Å². The Bertz CT molecular complexity index is 707. The lowest BCUT2D eigenvalue weighted by Gasteiger charge is -2.09. The van der Waals surface area contributed by atoms with Crippen molar-refractivity contribution in [2.45, 2.75) is 18.9 Å². The van der Waals surface area contributed by atoms with E-state index in [1.165, 1.54) is 0 Å². The fraction of sp³-hybridized carbons (Fsp3) is 0.412. The summed E-state index contributed by atoms with van der Waals surface area (Å²) < 4.78 is 21.1. The van der Waals surface area contributed by atoms with Gasteiger partial charge in [0.05, 0.1) is 20.3 Å². The van der Waals surface area contributed by atoms with Crippen LogP contribution in [0.25, 0.3) is 11.3 Å². The molecule has 1 aliphatic heterocycles. The van der Waals surface area contributed by atoms with E-state index in [-0.39, 0.29) is 17.8 Å². The number of aromatic nitrogens is 1. The Hall–Kier alpha value is -2.54. The zero-order valence-corrected chi connectivity index (χ0v) is 13.7. The fourth-order valence-corrected chi connectivity index (χ4v) is 2.61. The summed E-state index contributed by atoms with van der Waals surface area (Å²) >= 11 is 0. The molecule has 128 valence electrons. The molecule has 1 aliphatic rings. The third-order valence-electron chi connectivity index (χ3n) is 3.93. The Kier molecular flexibility index (Phi) is 5.00. The summed E-state index contributed by atoms with van der Waals surface area (Å²) in [5, 5.41) is 6.76. The van der Waals surface area contributed by atoms with Crippen molar-refractivity contribution in [3.63, 3.8) is 0 Å². The van der Waals surface area contributed by atoms with E-state index >= 15 is 0 Å². The molecule has 7 heteroatoms. The van der Waals surface area contributed by atoms with Crippen molar-refractivity contribution >= 4 is 5.91 Å². The van der Waals surface area contributed by atoms with Crippen LogP contribution in [0.5, 0.6) is 11.5 Å². The van der Waals surface area contributed by atoms with E-state index in [9.17, 15) is 4.79 Å². The highest BCUT2D eigenvalue weighted by Crippen LogP contribution is 2.32. The number of hydrogen-bond acceptors (Lipinski definition) is 6. The zero-order valence-electron chi connectivity index (χ0n) is 13.7. The third kappa shape index (κ3) is 3.51. The summed E-state index contributed by atoms with van der Waals surface area (Å²) in [5.41, 5.74) is 1.33. The van der Waals surface area contributed by atoms with Crippen molar-refractivity contribution in [2.24, 2.45) is 0 Å². The number of hydrogen-bond donors (Lipinski definition) is 1. The van der Waals surface area contributed by atoms with Gasteiger partial charge in [-0.15, -0.1) is 0 Å². The highest BCUT2D eigenvalue weighted by Gasteiger charge is 2.19. The average molecular weight is 332 g/mol. The lowest BCUT2D eigenvalue weighted by molar-refractivity contribution is 0.0828. The number of carbonyl (C=O) groups is 1. The standard InChI is InChI=1S/C17H20N2O5/c1-21-14-6-5-11(8-15(14)22-2)13-9-16(24-19-13)17(20)18-10-12-4-3-7-23-12/h5-6,8-9,12H,3-4,7,10H2,1-2H3,(H,18,20). The number of ether oxygens (including phenoxy) is 3. The van der Waals surface area contributed by atoms with Crippen molar-refractivity contribution in [1.82, 2.24) is 10.5 Å². The summed E-state index contributed by atoms with van der Waals surface area (Å²) in [4.78, 5) is 12.1. The fourth-order valence-electron chi connectivity index (χ4n) is 2.61. The van der Waals surface area contributed by atoms with Gasteiger partial charge >= 0.3 is 0 Å². The van der Waals surface area contributed by atoms with Gasteiger partial charge in [0.15, 0.2) is 11.5 Å². The number of amides is 1. The molecule has 0 saturated carbocycles. The van der Waals surface area contributed by atoms with E-state index in [1.54, 1.807) is 32.4 Å². The summed E-state index contributed by atoms with van der Waals surface area (Å²) in [5.74, 6) is 1.07. The van der Waals surface area contributed by atoms with E-state index in [0.29, 0.717) is 23.7 Å². The molecular formula is C17H20N2O5. The van der Waals surface area contributed by atoms with Gasteiger partial charge in [-0.1, -0.05) is 5.16 Å². The number of carbonyl (C=O) groups excluding carboxylic acids is 1. The normalized spacial score (nSPS) is 16.8. The molecular weight excluding hydrogens is 312 g/mol. The Labute approximate surface area is 139 Å². The molecule has 1 amide bonds. The lowest BCUT2D eigenvalue weighted by Crippen LogP contribution is -2.31. The van der Waals surface area contributed by atoms with Crippen LogP contribution in [-0.4, -0.2) is 44.5 Å². The van der Waals surface area contributed by atoms with Crippen molar-refractivity contribution < 1.29 is 23.5 Å². The quantitative estimate of drug-likeness (QED) is 0.874. The smallest absolute Gasteiger partial charge is 0.290 e. The molecule has 0 aliphatic carbocycles. The SMILES string of the molecule is COc1ccc(-c2cc(C(=O)NCC3CCCO3)on2)cc1OC. The number of methoxy groups -OCH3 is 2. The van der Waals surface area contributed by atoms with Crippen LogP contribution in [0.4, 0.5) is 0 Å². The highest BCUT2D eigenvalue weighted by atomic mass is 16.5. The second-order valence-electron chi connectivity index (χ2n) is 5.49. The molecule has 1 fully saturated rings. The van der Waals surface area contributed by atoms with Gasteiger partial charge in [0.1, 0.15) is 5.69 Å². The predicted octanol–water partition coefficient (Wildman–Crippen LogP) is 2.27. The zero-order chi connectivity index (χ0) is 16.9. The molecule has 1 unspecified atom stereocenters. The van der Waals surface area contributed by atoms with E-state index in [4.69, 9.17) is 18.7 Å². The van der Waals surface area contributed by atoms with Gasteiger partial charge in [-0.2, -0.15) is 0 Å². The van der Waals surface area contributed by atoms with Gasteiger partial charge in [-0.3, -0.25) is 4.79 Å². The van der Waals surface area contributed by atoms with E-state index in [0.717, 1.165) is 25.0 Å². The molecule has 2 heterocycles. The lowest BCUT2D eigenvalue weighted by atomic mass is 10.1. The second-order valence-corrected chi connectivity index (χ2v) is 5.49. The predicted molar refractivity (Wildman–Crippen MR) is 86.4 cm³/mol. The number of benzene rings is 1. The number of nitrogens with zero attached hydrogens (tertiary/aromatic N) is 1. The molecule has 1 aromatic carbocycles. The van der Waals surface area contributed by atoms with Crippen LogP contribution in [0.15, 0.2) is 28.8 Å². The van der Waals surface area contributed by atoms with Crippen LogP contribution in [0.1, 0.15) is 23.4 Å². The number of nitrogens with one attached hydrogen (secondary N) is 1. The van der Waals surface area contributed by atoms with Crippen LogP contribution in [-0.2, 0) is 4.74 Å². The van der Waals surface area contributed by atoms with Crippen LogP contribution in [0, 0.1) is 0 Å². The Morgan fingerprint density at radius 2 is 2.12 bits per heavy atom. The minimum Gasteiger partial charge on any atom is -0.493 e. The van der Waals surface area contributed by atoms with Crippen LogP contribution >= 0.6 is 0 Å². The summed E-state index contributed by atoms with van der Waals surface area (Å²) in [6.45, 7) is 1.23. The minimum atomic E-state index is -0.301. The topological polar surface area (TPSA) is 82.8 Å². The van der Waals surface area contributed by atoms with E-state index < -0.39 is 0 Å². The van der Waals surface area contributed by atoms with E-state index in [2.05, 4.69) is 10.5 Å². The van der Waals surface area contributed by atoms with Crippen molar-refractivity contribution in [3.8, 4) is 22.8 Å². The first-order valence-corrected chi connectivity index (χ1v) is 7.80. The molecule has 24 heavy (non-hydrogen) atoms. The van der Waals surface area contributed by atoms with Crippen molar-refractivity contribution in [3.05, 3.63) is 30.0 Å². The number of rotatable bonds is 6. The van der Waals surface area contributed by atoms with Gasteiger partial charge in [0, 0.05) is 24.8 Å². The van der Waals surface area contributed by atoms with Crippen molar-refractivity contribution in [1.29, 1.82) is 0 Å². The molecule has 7 nitrogen and oxygen atoms in total. The summed E-state index contributed by atoms with van der Waals surface area (Å²) in [7, 11) is 3.14. The van der Waals surface area contributed by atoms with Crippen molar-refractivity contribution in [2.75, 3.05) is 27.4 Å². The summed E-state index contributed by atoms with van der Waals surface area (Å²) in [6, 6.07) is 6.99. The van der Waals surface area contributed by atoms with Gasteiger partial charge in [0.2, 0.25) is 5.76 Å². The Morgan fingerprint density at radius 3 is 2.83 bits per heavy atom. The van der Waals surface area contributed by atoms with Crippen LogP contribution < -0.4 is 14.8 Å². The van der Waals surface area contributed by atoms with Gasteiger partial charge in [0.25, 0.3) is 5.91 Å². The molecule has 1 N–H and O–H groups in total. The average Bonchev–Trinajstić information content (AvgIpc) is 3.30. The Morgan fingerprint density at radius 1 is 1.29 bits per heavy atom. The molecule has 0 spiro atoms. The van der Waals surface area contributed by atoms with Gasteiger partial charge in [-0.05, 0) is 31.0 Å². The first kappa shape index (κ1) is 16.3. The third-order valence-corrected chi connectivity index (χ3v) is 3.93. The molecule has 0 radical (unpaired) electrons.